The third-order valence-corrected chi connectivity index (χ3v) is 4.04. The fourth-order valence-corrected chi connectivity index (χ4v) is 2.56. The van der Waals surface area contributed by atoms with Crippen LogP contribution in [0.5, 0.6) is 5.75 Å². The second kappa shape index (κ2) is 7.67. The van der Waals surface area contributed by atoms with Gasteiger partial charge in [-0.05, 0) is 53.9 Å². The molecule has 0 aliphatic heterocycles. The van der Waals surface area contributed by atoms with Gasteiger partial charge in [0.15, 0.2) is 0 Å². The number of rotatable bonds is 4. The molecule has 0 aliphatic carbocycles. The van der Waals surface area contributed by atoms with Crippen molar-refractivity contribution in [3.05, 3.63) is 90.3 Å². The Morgan fingerprint density at radius 2 is 1.56 bits per heavy atom. The molecule has 0 unspecified atom stereocenters. The van der Waals surface area contributed by atoms with Crippen LogP contribution >= 0.6 is 0 Å². The van der Waals surface area contributed by atoms with E-state index in [-0.39, 0.29) is 5.82 Å². The molecule has 0 aliphatic rings. The summed E-state index contributed by atoms with van der Waals surface area (Å²) in [5.41, 5.74) is 3.54. The molecule has 0 amide bonds. The molecule has 3 rings (SSSR count). The van der Waals surface area contributed by atoms with Crippen molar-refractivity contribution in [2.75, 3.05) is 0 Å². The lowest BCUT2D eigenvalue weighted by atomic mass is 9.99. The van der Waals surface area contributed by atoms with E-state index >= 15 is 0 Å². The van der Waals surface area contributed by atoms with Gasteiger partial charge in [-0.3, -0.25) is 0 Å². The van der Waals surface area contributed by atoms with Crippen LogP contribution in [0.3, 0.4) is 0 Å². The number of hydrogen-bond acceptors (Lipinski definition) is 3. The zero-order valence-corrected chi connectivity index (χ0v) is 14.7. The van der Waals surface area contributed by atoms with E-state index in [0.717, 1.165) is 5.56 Å². The molecule has 27 heavy (non-hydrogen) atoms. The van der Waals surface area contributed by atoms with E-state index in [9.17, 15) is 9.18 Å². The zero-order valence-electron chi connectivity index (χ0n) is 14.7. The first-order valence-electron chi connectivity index (χ1n) is 8.26. The summed E-state index contributed by atoms with van der Waals surface area (Å²) in [4.78, 5) is 11.5. The number of nitriles is 1. The van der Waals surface area contributed by atoms with Gasteiger partial charge in [-0.1, -0.05) is 43.0 Å². The van der Waals surface area contributed by atoms with Crippen LogP contribution < -0.4 is 4.74 Å². The lowest BCUT2D eigenvalue weighted by Crippen LogP contribution is -2.07. The molecule has 0 spiro atoms. The Morgan fingerprint density at radius 3 is 2.11 bits per heavy atom. The number of benzene rings is 3. The van der Waals surface area contributed by atoms with Gasteiger partial charge in [0.25, 0.3) is 0 Å². The van der Waals surface area contributed by atoms with Gasteiger partial charge in [-0.25, -0.2) is 9.18 Å². The average molecular weight is 357 g/mol. The average Bonchev–Trinajstić information content (AvgIpc) is 2.68. The highest BCUT2D eigenvalue weighted by atomic mass is 19.1. The van der Waals surface area contributed by atoms with Crippen molar-refractivity contribution in [1.29, 1.82) is 5.26 Å². The summed E-state index contributed by atoms with van der Waals surface area (Å²) >= 11 is 0. The molecular weight excluding hydrogens is 341 g/mol. The maximum atomic E-state index is 14.6. The first kappa shape index (κ1) is 18.1. The number of esters is 1. The van der Waals surface area contributed by atoms with Crippen molar-refractivity contribution in [2.45, 2.75) is 6.92 Å². The lowest BCUT2D eigenvalue weighted by Gasteiger charge is -2.08. The van der Waals surface area contributed by atoms with E-state index < -0.39 is 5.97 Å². The third kappa shape index (κ3) is 4.10. The van der Waals surface area contributed by atoms with Gasteiger partial charge in [0.2, 0.25) is 0 Å². The summed E-state index contributed by atoms with van der Waals surface area (Å²) in [6.45, 7) is 5.12. The minimum Gasteiger partial charge on any atom is -0.423 e. The van der Waals surface area contributed by atoms with E-state index in [4.69, 9.17) is 10.00 Å². The van der Waals surface area contributed by atoms with Crippen molar-refractivity contribution in [2.24, 2.45) is 0 Å². The summed E-state index contributed by atoms with van der Waals surface area (Å²) < 4.78 is 19.8. The molecule has 0 saturated carbocycles. The van der Waals surface area contributed by atoms with Gasteiger partial charge in [-0.2, -0.15) is 5.26 Å². The molecule has 0 fully saturated rings. The third-order valence-electron chi connectivity index (χ3n) is 4.04. The summed E-state index contributed by atoms with van der Waals surface area (Å²) in [7, 11) is 0. The van der Waals surface area contributed by atoms with E-state index in [2.05, 4.69) is 6.58 Å². The minimum atomic E-state index is -0.486. The predicted molar refractivity (Wildman–Crippen MR) is 102 cm³/mol. The van der Waals surface area contributed by atoms with Gasteiger partial charge in [0.05, 0.1) is 11.6 Å². The Bertz CT molecular complexity index is 1050. The van der Waals surface area contributed by atoms with Crippen LogP contribution in [0.4, 0.5) is 4.39 Å². The Kier molecular flexibility index (Phi) is 5.14. The molecule has 0 heterocycles. The SMILES string of the molecule is C=C(C)C(=O)Oc1ccc(-c2ccc(-c3ccc(C#N)cc3)c(F)c2)cc1. The highest BCUT2D eigenvalue weighted by Crippen LogP contribution is 2.29. The van der Waals surface area contributed by atoms with Crippen molar-refractivity contribution in [3.63, 3.8) is 0 Å². The Morgan fingerprint density at radius 1 is 0.963 bits per heavy atom. The largest absolute Gasteiger partial charge is 0.423 e. The number of halogens is 1. The highest BCUT2D eigenvalue weighted by molar-refractivity contribution is 5.88. The van der Waals surface area contributed by atoms with Crippen LogP contribution in [-0.4, -0.2) is 5.97 Å². The second-order valence-electron chi connectivity index (χ2n) is 6.08. The van der Waals surface area contributed by atoms with E-state index in [1.54, 1.807) is 61.5 Å². The molecule has 3 aromatic rings. The van der Waals surface area contributed by atoms with Gasteiger partial charge < -0.3 is 4.74 Å². The van der Waals surface area contributed by atoms with Crippen LogP contribution in [0, 0.1) is 17.1 Å². The van der Waals surface area contributed by atoms with E-state index in [1.165, 1.54) is 6.07 Å². The molecule has 0 radical (unpaired) electrons. The quantitative estimate of drug-likeness (QED) is 0.351. The molecule has 3 nitrogen and oxygen atoms in total. The summed E-state index contributed by atoms with van der Waals surface area (Å²) in [6.07, 6.45) is 0. The molecule has 0 aromatic heterocycles. The van der Waals surface area contributed by atoms with Crippen molar-refractivity contribution in [3.8, 4) is 34.1 Å². The Hall–Kier alpha value is -3.71. The topological polar surface area (TPSA) is 50.1 Å². The Labute approximate surface area is 157 Å². The summed E-state index contributed by atoms with van der Waals surface area (Å²) in [5, 5.41) is 8.85. The van der Waals surface area contributed by atoms with Gasteiger partial charge in [0.1, 0.15) is 11.6 Å². The second-order valence-corrected chi connectivity index (χ2v) is 6.08. The molecule has 132 valence electrons. The molecule has 4 heteroatoms. The van der Waals surface area contributed by atoms with Crippen molar-refractivity contribution in [1.82, 2.24) is 0 Å². The van der Waals surface area contributed by atoms with Crippen molar-refractivity contribution < 1.29 is 13.9 Å². The van der Waals surface area contributed by atoms with Crippen LogP contribution in [0.2, 0.25) is 0 Å². The van der Waals surface area contributed by atoms with Crippen LogP contribution in [0.1, 0.15) is 12.5 Å². The predicted octanol–water partition coefficient (Wildman–Crippen LogP) is 5.51. The molecule has 3 aromatic carbocycles. The molecular formula is C23H16FNO2. The monoisotopic (exact) mass is 357 g/mol. The van der Waals surface area contributed by atoms with E-state index in [0.29, 0.717) is 33.6 Å². The van der Waals surface area contributed by atoms with Crippen LogP contribution in [-0.2, 0) is 4.79 Å². The fourth-order valence-electron chi connectivity index (χ4n) is 2.56. The number of carbonyl (C=O) groups is 1. The van der Waals surface area contributed by atoms with Crippen LogP contribution in [0.25, 0.3) is 22.3 Å². The maximum absolute atomic E-state index is 14.6. The number of carbonyl (C=O) groups excluding carboxylic acids is 1. The first-order valence-corrected chi connectivity index (χ1v) is 8.26. The summed E-state index contributed by atoms with van der Waals surface area (Å²) in [5.74, 6) is -0.433. The van der Waals surface area contributed by atoms with Gasteiger partial charge in [-0.15, -0.1) is 0 Å². The molecule has 0 N–H and O–H groups in total. The molecule has 0 atom stereocenters. The normalized spacial score (nSPS) is 10.1. The van der Waals surface area contributed by atoms with Crippen LogP contribution in [0.15, 0.2) is 78.9 Å². The highest BCUT2D eigenvalue weighted by Gasteiger charge is 2.09. The lowest BCUT2D eigenvalue weighted by molar-refractivity contribution is -0.130. The fraction of sp³-hybridized carbons (Fsp3) is 0.0435. The maximum Gasteiger partial charge on any atom is 0.338 e. The number of hydrogen-bond donors (Lipinski definition) is 0. The van der Waals surface area contributed by atoms with Crippen molar-refractivity contribution >= 4 is 5.97 Å². The smallest absolute Gasteiger partial charge is 0.338 e. The number of nitrogens with zero attached hydrogens (tertiary/aromatic N) is 1. The minimum absolute atomic E-state index is 0.319. The van der Waals surface area contributed by atoms with E-state index in [1.807, 2.05) is 12.1 Å². The zero-order chi connectivity index (χ0) is 19.4. The standard InChI is InChI=1S/C23H16FNO2/c1-15(2)23(26)27-20-10-7-17(8-11-20)19-9-12-21(22(24)13-19)18-5-3-16(14-25)4-6-18/h3-13H,1H2,2H3. The number of ether oxygens (including phenoxy) is 1. The van der Waals surface area contributed by atoms with Gasteiger partial charge >= 0.3 is 5.97 Å². The first-order chi connectivity index (χ1) is 13.0. The van der Waals surface area contributed by atoms with Gasteiger partial charge in [0, 0.05) is 11.1 Å². The Balaban J connectivity index is 1.83. The molecule has 0 bridgehead atoms. The summed E-state index contributed by atoms with van der Waals surface area (Å²) in [6, 6.07) is 20.6. The molecule has 0 saturated heterocycles.